The monoisotopic (exact) mass is 398 g/mol. The number of H-pyrrole nitrogens is 1. The van der Waals surface area contributed by atoms with Crippen molar-refractivity contribution in [2.75, 3.05) is 0 Å². The SMILES string of the molecule is O=c1[nH]c2ccc(Br)cc2n1-c1cc(Br)c(O)cc1O. The van der Waals surface area contributed by atoms with Gasteiger partial charge in [0, 0.05) is 10.5 Å². The molecule has 0 fully saturated rings. The zero-order valence-corrected chi connectivity index (χ0v) is 13.1. The van der Waals surface area contributed by atoms with Gasteiger partial charge in [0.2, 0.25) is 0 Å². The summed E-state index contributed by atoms with van der Waals surface area (Å²) in [5, 5.41) is 19.5. The minimum atomic E-state index is -0.369. The number of halogens is 2. The number of nitrogens with zero attached hydrogens (tertiary/aromatic N) is 1. The number of aromatic amines is 1. The highest BCUT2D eigenvalue weighted by Gasteiger charge is 2.14. The van der Waals surface area contributed by atoms with E-state index < -0.39 is 0 Å². The summed E-state index contributed by atoms with van der Waals surface area (Å²) >= 11 is 6.52. The van der Waals surface area contributed by atoms with Crippen molar-refractivity contribution in [1.29, 1.82) is 0 Å². The van der Waals surface area contributed by atoms with Crippen molar-refractivity contribution < 1.29 is 10.2 Å². The van der Waals surface area contributed by atoms with Gasteiger partial charge >= 0.3 is 5.69 Å². The molecular weight excluding hydrogens is 392 g/mol. The lowest BCUT2D eigenvalue weighted by atomic mass is 10.2. The lowest BCUT2D eigenvalue weighted by molar-refractivity contribution is 0.446. The number of phenolic OH excluding ortho intramolecular Hbond substituents is 2. The van der Waals surface area contributed by atoms with E-state index in [4.69, 9.17) is 0 Å². The Morgan fingerprint density at radius 3 is 2.55 bits per heavy atom. The molecule has 3 N–H and O–H groups in total. The van der Waals surface area contributed by atoms with E-state index in [0.29, 0.717) is 15.5 Å². The molecule has 0 spiro atoms. The van der Waals surface area contributed by atoms with Gasteiger partial charge in [-0.05, 0) is 40.2 Å². The van der Waals surface area contributed by atoms with Crippen LogP contribution in [0.2, 0.25) is 0 Å². The predicted octanol–water partition coefficient (Wildman–Crippen LogP) is 3.26. The summed E-state index contributed by atoms with van der Waals surface area (Å²) in [6.45, 7) is 0. The summed E-state index contributed by atoms with van der Waals surface area (Å²) in [4.78, 5) is 14.8. The van der Waals surface area contributed by atoms with Crippen LogP contribution in [0.15, 0.2) is 44.1 Å². The second kappa shape index (κ2) is 4.68. The number of nitrogens with one attached hydrogen (secondary N) is 1. The Morgan fingerprint density at radius 1 is 1.05 bits per heavy atom. The molecule has 20 heavy (non-hydrogen) atoms. The van der Waals surface area contributed by atoms with Crippen molar-refractivity contribution in [1.82, 2.24) is 9.55 Å². The fraction of sp³-hybridized carbons (Fsp3) is 0. The highest BCUT2D eigenvalue weighted by atomic mass is 79.9. The molecule has 0 aliphatic rings. The van der Waals surface area contributed by atoms with Crippen LogP contribution < -0.4 is 5.69 Å². The van der Waals surface area contributed by atoms with Crippen LogP contribution in [0, 0.1) is 0 Å². The average Bonchev–Trinajstić information content (AvgIpc) is 2.69. The lowest BCUT2D eigenvalue weighted by Crippen LogP contribution is -2.14. The number of aromatic hydroxyl groups is 2. The topological polar surface area (TPSA) is 78.2 Å². The molecule has 0 unspecified atom stereocenters. The quantitative estimate of drug-likeness (QED) is 0.587. The smallest absolute Gasteiger partial charge is 0.331 e. The molecule has 0 bridgehead atoms. The molecule has 1 aromatic heterocycles. The Hall–Kier alpha value is -1.73. The maximum absolute atomic E-state index is 12.1. The minimum Gasteiger partial charge on any atom is -0.507 e. The predicted molar refractivity (Wildman–Crippen MR) is 82.6 cm³/mol. The standard InChI is InChI=1S/C13H8Br2N2O3/c14-6-1-2-8-9(3-6)17(13(20)16-8)10-4-7(15)11(18)5-12(10)19/h1-5,18-19H,(H,16,20). The van der Waals surface area contributed by atoms with Crippen LogP contribution in [0.1, 0.15) is 0 Å². The molecule has 2 aromatic carbocycles. The fourth-order valence-electron chi connectivity index (χ4n) is 2.03. The number of imidazole rings is 1. The maximum atomic E-state index is 12.1. The Morgan fingerprint density at radius 2 is 1.80 bits per heavy atom. The van der Waals surface area contributed by atoms with Crippen molar-refractivity contribution in [3.8, 4) is 17.2 Å². The Bertz CT molecular complexity index is 883. The molecule has 0 saturated heterocycles. The molecule has 3 aromatic rings. The molecule has 7 heteroatoms. The second-order valence-electron chi connectivity index (χ2n) is 4.22. The number of fused-ring (bicyclic) bond motifs is 1. The van der Waals surface area contributed by atoms with Gasteiger partial charge in [0.15, 0.2) is 0 Å². The normalized spacial score (nSPS) is 11.1. The summed E-state index contributed by atoms with van der Waals surface area (Å²) in [5.41, 5.74) is 1.19. The van der Waals surface area contributed by atoms with Crippen LogP contribution in [0.5, 0.6) is 11.5 Å². The van der Waals surface area contributed by atoms with E-state index >= 15 is 0 Å². The molecule has 1 heterocycles. The van der Waals surface area contributed by atoms with E-state index in [1.807, 2.05) is 6.07 Å². The van der Waals surface area contributed by atoms with Gasteiger partial charge in [-0.25, -0.2) is 4.79 Å². The van der Waals surface area contributed by atoms with Gasteiger partial charge in [0.1, 0.15) is 11.5 Å². The first-order valence-electron chi connectivity index (χ1n) is 5.59. The number of phenols is 2. The third-order valence-electron chi connectivity index (χ3n) is 2.93. The summed E-state index contributed by atoms with van der Waals surface area (Å²) in [6, 6.07) is 8.02. The number of hydrogen-bond acceptors (Lipinski definition) is 3. The average molecular weight is 400 g/mol. The molecule has 5 nitrogen and oxygen atoms in total. The first-order chi connectivity index (χ1) is 9.47. The first-order valence-corrected chi connectivity index (χ1v) is 7.18. The molecule has 3 rings (SSSR count). The summed E-state index contributed by atoms with van der Waals surface area (Å²) in [5.74, 6) is -0.283. The van der Waals surface area contributed by atoms with E-state index in [-0.39, 0.29) is 22.9 Å². The second-order valence-corrected chi connectivity index (χ2v) is 5.99. The van der Waals surface area contributed by atoms with E-state index in [0.717, 1.165) is 4.47 Å². The number of rotatable bonds is 1. The van der Waals surface area contributed by atoms with Crippen LogP contribution >= 0.6 is 31.9 Å². The molecule has 0 amide bonds. The fourth-order valence-corrected chi connectivity index (χ4v) is 2.71. The Kier molecular flexibility index (Phi) is 3.10. The summed E-state index contributed by atoms with van der Waals surface area (Å²) in [7, 11) is 0. The highest BCUT2D eigenvalue weighted by Crippen LogP contribution is 2.34. The van der Waals surface area contributed by atoms with Crippen molar-refractivity contribution in [3.05, 3.63) is 49.8 Å². The van der Waals surface area contributed by atoms with Crippen LogP contribution in [0.3, 0.4) is 0 Å². The molecule has 0 atom stereocenters. The van der Waals surface area contributed by atoms with Gasteiger partial charge in [-0.15, -0.1) is 0 Å². The van der Waals surface area contributed by atoms with Gasteiger partial charge in [-0.2, -0.15) is 0 Å². The summed E-state index contributed by atoms with van der Waals surface area (Å²) < 4.78 is 2.55. The molecule has 0 radical (unpaired) electrons. The number of aromatic nitrogens is 2. The number of hydrogen-bond donors (Lipinski definition) is 3. The summed E-state index contributed by atoms with van der Waals surface area (Å²) in [6.07, 6.45) is 0. The Balaban J connectivity index is 2.40. The van der Waals surface area contributed by atoms with Gasteiger partial charge in [0.25, 0.3) is 0 Å². The lowest BCUT2D eigenvalue weighted by Gasteiger charge is -2.08. The third kappa shape index (κ3) is 2.03. The number of benzene rings is 2. The largest absolute Gasteiger partial charge is 0.507 e. The van der Waals surface area contributed by atoms with Crippen molar-refractivity contribution in [3.63, 3.8) is 0 Å². The maximum Gasteiger partial charge on any atom is 0.331 e. The molecule has 0 aliphatic heterocycles. The minimum absolute atomic E-state index is 0.0969. The molecule has 0 aliphatic carbocycles. The van der Waals surface area contributed by atoms with E-state index in [1.165, 1.54) is 16.7 Å². The van der Waals surface area contributed by atoms with Crippen LogP contribution in [0.25, 0.3) is 16.7 Å². The van der Waals surface area contributed by atoms with E-state index in [1.54, 1.807) is 12.1 Å². The third-order valence-corrected chi connectivity index (χ3v) is 4.06. The van der Waals surface area contributed by atoms with E-state index in [2.05, 4.69) is 36.8 Å². The van der Waals surface area contributed by atoms with Gasteiger partial charge in [-0.1, -0.05) is 15.9 Å². The highest BCUT2D eigenvalue weighted by molar-refractivity contribution is 9.10. The molecule has 0 saturated carbocycles. The zero-order valence-electron chi connectivity index (χ0n) is 9.89. The van der Waals surface area contributed by atoms with Gasteiger partial charge < -0.3 is 15.2 Å². The van der Waals surface area contributed by atoms with Crippen LogP contribution in [-0.4, -0.2) is 19.8 Å². The van der Waals surface area contributed by atoms with Crippen LogP contribution in [-0.2, 0) is 0 Å². The van der Waals surface area contributed by atoms with Crippen molar-refractivity contribution in [2.45, 2.75) is 0 Å². The van der Waals surface area contributed by atoms with Crippen LogP contribution in [0.4, 0.5) is 0 Å². The Labute approximate surface area is 129 Å². The molecule has 102 valence electrons. The molecular formula is C13H8Br2N2O3. The van der Waals surface area contributed by atoms with Gasteiger partial charge in [0.05, 0.1) is 21.2 Å². The van der Waals surface area contributed by atoms with Gasteiger partial charge in [-0.3, -0.25) is 4.57 Å². The van der Waals surface area contributed by atoms with Crippen molar-refractivity contribution in [2.24, 2.45) is 0 Å². The van der Waals surface area contributed by atoms with E-state index in [9.17, 15) is 15.0 Å². The zero-order chi connectivity index (χ0) is 14.4. The first kappa shape index (κ1) is 13.3. The van der Waals surface area contributed by atoms with Crippen molar-refractivity contribution >= 4 is 42.9 Å².